The molecule has 0 aliphatic carbocycles. The predicted octanol–water partition coefficient (Wildman–Crippen LogP) is 2.72. The first-order chi connectivity index (χ1) is 7.83. The van der Waals surface area contributed by atoms with E-state index in [0.29, 0.717) is 0 Å². The van der Waals surface area contributed by atoms with Crippen molar-refractivity contribution >= 4 is 23.0 Å². The molecule has 1 aromatic carbocycles. The molecule has 0 saturated carbocycles. The third-order valence-corrected chi connectivity index (χ3v) is 3.30. The minimum absolute atomic E-state index is 0.874. The van der Waals surface area contributed by atoms with Gasteiger partial charge in [-0.15, -0.1) is 0 Å². The summed E-state index contributed by atoms with van der Waals surface area (Å²) in [6, 6.07) is 8.50. The third-order valence-electron chi connectivity index (χ3n) is 2.94. The average Bonchev–Trinajstić information content (AvgIpc) is 2.73. The lowest BCUT2D eigenvalue weighted by Crippen LogP contribution is -2.39. The SMILES string of the molecule is CCCCNC(=S)N1CCc2ccccc21. The van der Waals surface area contributed by atoms with Crippen LogP contribution < -0.4 is 10.2 Å². The standard InChI is InChI=1S/C13H18N2S/c1-2-3-9-14-13(16)15-10-8-11-6-4-5-7-12(11)15/h4-7H,2-3,8-10H2,1H3,(H,14,16). The van der Waals surface area contributed by atoms with Crippen molar-refractivity contribution in [3.8, 4) is 0 Å². The summed E-state index contributed by atoms with van der Waals surface area (Å²) >= 11 is 5.42. The minimum atomic E-state index is 0.874. The molecule has 0 bridgehead atoms. The van der Waals surface area contributed by atoms with E-state index < -0.39 is 0 Å². The molecule has 86 valence electrons. The molecule has 16 heavy (non-hydrogen) atoms. The second kappa shape index (κ2) is 5.30. The maximum Gasteiger partial charge on any atom is 0.173 e. The number of hydrogen-bond acceptors (Lipinski definition) is 1. The zero-order valence-corrected chi connectivity index (χ0v) is 10.5. The Hall–Kier alpha value is -1.09. The van der Waals surface area contributed by atoms with Crippen molar-refractivity contribution < 1.29 is 0 Å². The molecule has 0 atom stereocenters. The summed E-state index contributed by atoms with van der Waals surface area (Å²) in [5.41, 5.74) is 2.68. The predicted molar refractivity (Wildman–Crippen MR) is 73.0 cm³/mol. The van der Waals surface area contributed by atoms with Crippen molar-refractivity contribution in [2.75, 3.05) is 18.0 Å². The van der Waals surface area contributed by atoms with Crippen molar-refractivity contribution in [2.45, 2.75) is 26.2 Å². The molecule has 0 unspecified atom stereocenters. The van der Waals surface area contributed by atoms with Gasteiger partial charge in [-0.2, -0.15) is 0 Å². The molecule has 0 saturated heterocycles. The van der Waals surface area contributed by atoms with Gasteiger partial charge in [-0.05, 0) is 36.7 Å². The van der Waals surface area contributed by atoms with Crippen molar-refractivity contribution in [1.29, 1.82) is 0 Å². The van der Waals surface area contributed by atoms with Crippen molar-refractivity contribution in [3.63, 3.8) is 0 Å². The highest BCUT2D eigenvalue weighted by atomic mass is 32.1. The zero-order chi connectivity index (χ0) is 11.4. The second-order valence-corrected chi connectivity index (χ2v) is 4.50. The van der Waals surface area contributed by atoms with Crippen LogP contribution in [-0.2, 0) is 6.42 Å². The molecular weight excluding hydrogens is 216 g/mol. The lowest BCUT2D eigenvalue weighted by atomic mass is 10.2. The van der Waals surface area contributed by atoms with E-state index >= 15 is 0 Å². The molecular formula is C13H18N2S. The number of anilines is 1. The van der Waals surface area contributed by atoms with Crippen LogP contribution in [0.1, 0.15) is 25.3 Å². The van der Waals surface area contributed by atoms with Gasteiger partial charge in [0.15, 0.2) is 5.11 Å². The fourth-order valence-electron chi connectivity index (χ4n) is 2.02. The van der Waals surface area contributed by atoms with Gasteiger partial charge in [0.05, 0.1) is 0 Å². The van der Waals surface area contributed by atoms with Crippen molar-refractivity contribution in [1.82, 2.24) is 5.32 Å². The number of nitrogens with one attached hydrogen (secondary N) is 1. The lowest BCUT2D eigenvalue weighted by molar-refractivity contribution is 0.751. The summed E-state index contributed by atoms with van der Waals surface area (Å²) in [5.74, 6) is 0. The molecule has 1 aliphatic heterocycles. The summed E-state index contributed by atoms with van der Waals surface area (Å²) in [6.45, 7) is 4.18. The molecule has 2 nitrogen and oxygen atoms in total. The van der Waals surface area contributed by atoms with Crippen LogP contribution in [-0.4, -0.2) is 18.2 Å². The van der Waals surface area contributed by atoms with E-state index in [1.807, 2.05) is 0 Å². The molecule has 1 aliphatic rings. The monoisotopic (exact) mass is 234 g/mol. The number of para-hydroxylation sites is 1. The van der Waals surface area contributed by atoms with Crippen molar-refractivity contribution in [2.24, 2.45) is 0 Å². The van der Waals surface area contributed by atoms with Crippen LogP contribution >= 0.6 is 12.2 Å². The fourth-order valence-corrected chi connectivity index (χ4v) is 2.31. The van der Waals surface area contributed by atoms with Crippen LogP contribution in [0.4, 0.5) is 5.69 Å². The number of unbranched alkanes of at least 4 members (excludes halogenated alkanes) is 1. The highest BCUT2D eigenvalue weighted by Crippen LogP contribution is 2.27. The molecule has 3 heteroatoms. The molecule has 0 fully saturated rings. The van der Waals surface area contributed by atoms with Gasteiger partial charge in [-0.1, -0.05) is 31.5 Å². The molecule has 0 spiro atoms. The first kappa shape index (κ1) is 11.4. The van der Waals surface area contributed by atoms with Crippen LogP contribution in [0.2, 0.25) is 0 Å². The van der Waals surface area contributed by atoms with Crippen molar-refractivity contribution in [3.05, 3.63) is 29.8 Å². The second-order valence-electron chi connectivity index (χ2n) is 4.12. The number of fused-ring (bicyclic) bond motifs is 1. The Labute approximate surface area is 103 Å². The molecule has 1 N–H and O–H groups in total. The van der Waals surface area contributed by atoms with E-state index in [-0.39, 0.29) is 0 Å². The maximum atomic E-state index is 5.42. The molecule has 0 radical (unpaired) electrons. The van der Waals surface area contributed by atoms with Gasteiger partial charge in [-0.25, -0.2) is 0 Å². The number of thiocarbonyl (C=S) groups is 1. The Morgan fingerprint density at radius 1 is 1.44 bits per heavy atom. The third kappa shape index (κ3) is 2.35. The van der Waals surface area contributed by atoms with Gasteiger partial charge >= 0.3 is 0 Å². The number of benzene rings is 1. The Bertz CT molecular complexity index is 376. The summed E-state index contributed by atoms with van der Waals surface area (Å²) in [6.07, 6.45) is 3.48. The van der Waals surface area contributed by atoms with E-state index in [2.05, 4.69) is 41.4 Å². The molecule has 2 rings (SSSR count). The Kier molecular flexibility index (Phi) is 3.78. The quantitative estimate of drug-likeness (QED) is 0.639. The van der Waals surface area contributed by atoms with Gasteiger partial charge in [0.1, 0.15) is 0 Å². The summed E-state index contributed by atoms with van der Waals surface area (Å²) in [5, 5.41) is 4.20. The first-order valence-electron chi connectivity index (χ1n) is 5.96. The van der Waals surface area contributed by atoms with E-state index in [9.17, 15) is 0 Å². The molecule has 1 aromatic rings. The van der Waals surface area contributed by atoms with Crippen LogP contribution in [0.15, 0.2) is 24.3 Å². The normalized spacial score (nSPS) is 13.7. The highest BCUT2D eigenvalue weighted by Gasteiger charge is 2.20. The van der Waals surface area contributed by atoms with E-state index in [1.165, 1.54) is 24.1 Å². The van der Waals surface area contributed by atoms with Crippen LogP contribution in [0, 0.1) is 0 Å². The van der Waals surface area contributed by atoms with Gasteiger partial charge < -0.3 is 10.2 Å². The first-order valence-corrected chi connectivity index (χ1v) is 6.37. The van der Waals surface area contributed by atoms with Gasteiger partial charge in [-0.3, -0.25) is 0 Å². The number of hydrogen-bond donors (Lipinski definition) is 1. The minimum Gasteiger partial charge on any atom is -0.362 e. The largest absolute Gasteiger partial charge is 0.362 e. The smallest absolute Gasteiger partial charge is 0.173 e. The zero-order valence-electron chi connectivity index (χ0n) is 9.70. The lowest BCUT2D eigenvalue weighted by Gasteiger charge is -2.21. The van der Waals surface area contributed by atoms with Gasteiger partial charge in [0.2, 0.25) is 0 Å². The van der Waals surface area contributed by atoms with E-state index in [4.69, 9.17) is 12.2 Å². The summed E-state index contributed by atoms with van der Waals surface area (Å²) in [4.78, 5) is 2.21. The molecule has 0 aromatic heterocycles. The number of nitrogens with zero attached hydrogens (tertiary/aromatic N) is 1. The molecule has 1 heterocycles. The fraction of sp³-hybridized carbons (Fsp3) is 0.462. The maximum absolute atomic E-state index is 5.42. The van der Waals surface area contributed by atoms with Crippen LogP contribution in [0.3, 0.4) is 0 Å². The van der Waals surface area contributed by atoms with Crippen LogP contribution in [0.25, 0.3) is 0 Å². The van der Waals surface area contributed by atoms with Gasteiger partial charge in [0, 0.05) is 18.8 Å². The van der Waals surface area contributed by atoms with E-state index in [0.717, 1.165) is 24.6 Å². The van der Waals surface area contributed by atoms with Crippen LogP contribution in [0.5, 0.6) is 0 Å². The average molecular weight is 234 g/mol. The summed E-state index contributed by atoms with van der Waals surface area (Å²) in [7, 11) is 0. The Morgan fingerprint density at radius 2 is 2.25 bits per heavy atom. The Morgan fingerprint density at radius 3 is 3.06 bits per heavy atom. The van der Waals surface area contributed by atoms with Gasteiger partial charge in [0.25, 0.3) is 0 Å². The topological polar surface area (TPSA) is 15.3 Å². The van der Waals surface area contributed by atoms with E-state index in [1.54, 1.807) is 0 Å². The Balaban J connectivity index is 1.99. The molecule has 0 amide bonds. The number of rotatable bonds is 3. The summed E-state index contributed by atoms with van der Waals surface area (Å²) < 4.78 is 0. The highest BCUT2D eigenvalue weighted by molar-refractivity contribution is 7.80.